The van der Waals surface area contributed by atoms with Gasteiger partial charge in [0.25, 0.3) is 0 Å². The summed E-state index contributed by atoms with van der Waals surface area (Å²) in [5, 5.41) is 0. The van der Waals surface area contributed by atoms with Gasteiger partial charge in [0, 0.05) is 61.1 Å². The smallest absolute Gasteiger partial charge is 0.143 e. The van der Waals surface area contributed by atoms with E-state index in [-0.39, 0.29) is 19.5 Å². The van der Waals surface area contributed by atoms with Crippen LogP contribution in [0, 0.1) is 12.3 Å². The number of terminal acetylenes is 1. The summed E-state index contributed by atoms with van der Waals surface area (Å²) < 4.78 is 2.07. The molecule has 0 amide bonds. The van der Waals surface area contributed by atoms with Gasteiger partial charge in [-0.2, -0.15) is 0 Å². The normalized spacial score (nSPS) is 12.0. The van der Waals surface area contributed by atoms with E-state index in [9.17, 15) is 0 Å². The van der Waals surface area contributed by atoms with Crippen LogP contribution in [0.15, 0.2) is 36.7 Å². The van der Waals surface area contributed by atoms with Crippen LogP contribution >= 0.6 is 0 Å². The second kappa shape index (κ2) is 16.2. The number of hydrogen-bond acceptors (Lipinski definition) is 3. The van der Waals surface area contributed by atoms with E-state index in [2.05, 4.69) is 82.9 Å². The Kier molecular flexibility index (Phi) is 11.8. The Morgan fingerprint density at radius 3 is 1.74 bits per heavy atom. The molecule has 7 heteroatoms. The summed E-state index contributed by atoms with van der Waals surface area (Å²) >= 11 is 0. The summed E-state index contributed by atoms with van der Waals surface area (Å²) in [4.78, 5) is 22.7. The fourth-order valence-corrected chi connectivity index (χ4v) is 6.65. The second-order valence-corrected chi connectivity index (χ2v) is 12.5. The fourth-order valence-electron chi connectivity index (χ4n) is 6.65. The standard InChI is InChI=1S/C40H46N6.Zn/c1-5-8-10-12-14-16-29-33-20-18-31(42-33)28(7-3)32-19-21-34(43-32)30(17-15-13-11-9-6-2)36-23-25-38(45-36)39(37-24-22-35(29)44-37)40-41-26-27-46(40)4;/h3,18-27,42,45H,5-6,8-17H2,1-2,4H3;. The molecule has 0 spiro atoms. The zero-order valence-electron chi connectivity index (χ0n) is 28.3. The van der Waals surface area contributed by atoms with Crippen LogP contribution in [-0.2, 0) is 39.4 Å². The van der Waals surface area contributed by atoms with Gasteiger partial charge in [-0.05, 0) is 74.3 Å². The molecule has 6 nitrogen and oxygen atoms in total. The molecule has 4 aromatic heterocycles. The molecule has 6 rings (SSSR count). The van der Waals surface area contributed by atoms with Gasteiger partial charge in [-0.15, -0.1) is 6.42 Å². The van der Waals surface area contributed by atoms with E-state index in [1.165, 1.54) is 62.5 Å². The van der Waals surface area contributed by atoms with Crippen molar-refractivity contribution in [2.75, 3.05) is 0 Å². The largest absolute Gasteiger partial charge is 0.355 e. The minimum absolute atomic E-state index is 0. The van der Waals surface area contributed by atoms with Gasteiger partial charge in [0.1, 0.15) is 5.82 Å². The molecule has 0 atom stereocenters. The third kappa shape index (κ3) is 7.60. The van der Waals surface area contributed by atoms with Gasteiger partial charge in [-0.25, -0.2) is 15.0 Å². The number of fused-ring (bicyclic) bond motifs is 8. The number of aryl methyl sites for hydroxylation is 3. The van der Waals surface area contributed by atoms with Gasteiger partial charge in [0.05, 0.1) is 44.9 Å². The molecule has 0 aliphatic carbocycles. The van der Waals surface area contributed by atoms with Gasteiger partial charge in [-0.1, -0.05) is 71.1 Å². The zero-order valence-corrected chi connectivity index (χ0v) is 31.3. The Hall–Kier alpha value is -4.01. The summed E-state index contributed by atoms with van der Waals surface area (Å²) in [6, 6.07) is 8.60. The van der Waals surface area contributed by atoms with E-state index in [1.54, 1.807) is 0 Å². The van der Waals surface area contributed by atoms with Crippen molar-refractivity contribution in [1.82, 2.24) is 29.5 Å². The number of imidazole rings is 1. The molecule has 6 heterocycles. The summed E-state index contributed by atoms with van der Waals surface area (Å²) in [5.74, 6) is 3.83. The van der Waals surface area contributed by atoms with Gasteiger partial charge in [0.2, 0.25) is 0 Å². The van der Waals surface area contributed by atoms with E-state index in [4.69, 9.17) is 21.4 Å². The van der Waals surface area contributed by atoms with Crippen molar-refractivity contribution < 1.29 is 19.5 Å². The minimum Gasteiger partial charge on any atom is -0.355 e. The minimum atomic E-state index is 0. The van der Waals surface area contributed by atoms with Crippen LogP contribution in [-0.4, -0.2) is 29.5 Å². The molecule has 0 unspecified atom stereocenters. The van der Waals surface area contributed by atoms with Crippen molar-refractivity contribution >= 4 is 46.4 Å². The van der Waals surface area contributed by atoms with Crippen LogP contribution in [0.1, 0.15) is 118 Å². The molecule has 0 aromatic carbocycles. The number of nitrogens with one attached hydrogen (secondary N) is 2. The van der Waals surface area contributed by atoms with Crippen LogP contribution in [0.3, 0.4) is 0 Å². The summed E-state index contributed by atoms with van der Waals surface area (Å²) in [6.45, 7) is 4.51. The third-order valence-corrected chi connectivity index (χ3v) is 9.22. The molecule has 0 fully saturated rings. The number of hydrogen-bond donors (Lipinski definition) is 2. The molecule has 2 aliphatic rings. The third-order valence-electron chi connectivity index (χ3n) is 9.22. The quantitative estimate of drug-likeness (QED) is 0.0727. The first-order chi connectivity index (χ1) is 22.6. The topological polar surface area (TPSA) is 75.2 Å². The molecule has 4 aromatic rings. The number of unbranched alkanes of at least 4 members (excludes halogenated alkanes) is 8. The molecule has 238 valence electrons. The molecule has 8 bridgehead atoms. The van der Waals surface area contributed by atoms with Gasteiger partial charge < -0.3 is 14.5 Å². The number of nitrogens with zero attached hydrogens (tertiary/aromatic N) is 4. The number of aromatic amines is 2. The van der Waals surface area contributed by atoms with Crippen molar-refractivity contribution in [3.8, 4) is 23.7 Å². The number of rotatable bonds is 13. The van der Waals surface area contributed by atoms with Gasteiger partial charge >= 0.3 is 0 Å². The average molecular weight is 676 g/mol. The van der Waals surface area contributed by atoms with Crippen LogP contribution in [0.25, 0.3) is 57.8 Å². The van der Waals surface area contributed by atoms with Crippen LogP contribution in [0.2, 0.25) is 0 Å². The SMILES string of the molecule is C#Cc1c2nc(c(CCCCCCC)c3ccc([nH]3)c(-c3nccn3C)c3nc(c(CCCCCCC)c4ccc1[nH]4)C=C3)C=C2.[Zn]. The first-order valence-electron chi connectivity index (χ1n) is 17.2. The Morgan fingerprint density at radius 1 is 0.660 bits per heavy atom. The molecule has 0 saturated carbocycles. The predicted molar refractivity (Wildman–Crippen MR) is 194 cm³/mol. The van der Waals surface area contributed by atoms with E-state index >= 15 is 0 Å². The van der Waals surface area contributed by atoms with Crippen molar-refractivity contribution in [3.63, 3.8) is 0 Å². The monoisotopic (exact) mass is 674 g/mol. The average Bonchev–Trinajstić information content (AvgIpc) is 3.90. The fraction of sp³-hybridized carbons (Fsp3) is 0.375. The van der Waals surface area contributed by atoms with E-state index in [1.807, 2.05) is 19.4 Å². The Balaban J connectivity index is 0.00000433. The first kappa shape index (κ1) is 34.3. The molecule has 2 N–H and O–H groups in total. The molecular weight excluding hydrogens is 630 g/mol. The van der Waals surface area contributed by atoms with Gasteiger partial charge in [0.15, 0.2) is 0 Å². The molecule has 0 radical (unpaired) electrons. The first-order valence-corrected chi connectivity index (χ1v) is 17.2. The number of H-pyrrole nitrogens is 2. The van der Waals surface area contributed by atoms with Gasteiger partial charge in [-0.3, -0.25) is 0 Å². The summed E-state index contributed by atoms with van der Waals surface area (Å²) in [6.07, 6.45) is 32.5. The van der Waals surface area contributed by atoms with Crippen molar-refractivity contribution in [2.24, 2.45) is 7.05 Å². The Morgan fingerprint density at radius 2 is 1.17 bits per heavy atom. The van der Waals surface area contributed by atoms with Crippen molar-refractivity contribution in [1.29, 1.82) is 0 Å². The molecule has 0 saturated heterocycles. The van der Waals surface area contributed by atoms with E-state index in [0.29, 0.717) is 0 Å². The maximum atomic E-state index is 6.16. The maximum absolute atomic E-state index is 6.16. The Bertz CT molecular complexity index is 1950. The van der Waals surface area contributed by atoms with E-state index < -0.39 is 0 Å². The predicted octanol–water partition coefficient (Wildman–Crippen LogP) is 10.1. The summed E-state index contributed by atoms with van der Waals surface area (Å²) in [7, 11) is 2.04. The molecule has 47 heavy (non-hydrogen) atoms. The molecular formula is C40H46N6Zn. The molecule has 2 aliphatic heterocycles. The second-order valence-electron chi connectivity index (χ2n) is 12.5. The van der Waals surface area contributed by atoms with Crippen molar-refractivity contribution in [2.45, 2.75) is 90.9 Å². The maximum Gasteiger partial charge on any atom is 0.143 e. The van der Waals surface area contributed by atoms with Crippen molar-refractivity contribution in [3.05, 3.63) is 76.1 Å². The van der Waals surface area contributed by atoms with Crippen LogP contribution in [0.4, 0.5) is 0 Å². The van der Waals surface area contributed by atoms with Crippen LogP contribution in [0.5, 0.6) is 0 Å². The zero-order chi connectivity index (χ0) is 31.9. The van der Waals surface area contributed by atoms with E-state index in [0.717, 1.165) is 87.5 Å². The van der Waals surface area contributed by atoms with Crippen LogP contribution < -0.4 is 0 Å². The number of aromatic nitrogens is 6. The Labute approximate surface area is 292 Å². The summed E-state index contributed by atoms with van der Waals surface area (Å²) in [5.41, 5.74) is 11.9.